The molecule has 0 bridgehead atoms. The Hall–Kier alpha value is -14.1. The summed E-state index contributed by atoms with van der Waals surface area (Å²) in [6, 6.07) is 26.3. The number of carboxylic acid groups (broad SMARTS) is 4. The molecule has 0 saturated carbocycles. The molecule has 5 aromatic carbocycles. The van der Waals surface area contributed by atoms with Gasteiger partial charge < -0.3 is 104 Å². The number of aromatic amines is 2. The maximum absolute atomic E-state index is 12.4. The van der Waals surface area contributed by atoms with Crippen LogP contribution in [0.15, 0.2) is 113 Å². The van der Waals surface area contributed by atoms with Gasteiger partial charge in [0.25, 0.3) is 22.9 Å². The molecule has 2 amide bonds. The van der Waals surface area contributed by atoms with Crippen LogP contribution in [0.25, 0.3) is 32.8 Å². The van der Waals surface area contributed by atoms with Gasteiger partial charge in [-0.2, -0.15) is 19.9 Å². The van der Waals surface area contributed by atoms with Gasteiger partial charge >= 0.3 is 23.9 Å². The predicted molar refractivity (Wildman–Crippen MR) is 435 cm³/mol. The summed E-state index contributed by atoms with van der Waals surface area (Å²) in [6.45, 7) is 7.41. The number of nitrogens with zero attached hydrogens (tertiary/aromatic N) is 8. The van der Waals surface area contributed by atoms with Crippen LogP contribution in [0.1, 0.15) is 102 Å². The van der Waals surface area contributed by atoms with Crippen molar-refractivity contribution in [2.45, 2.75) is 97.3 Å². The number of carbonyl (C=O) groups excluding carboxylic acids is 2. The summed E-state index contributed by atoms with van der Waals surface area (Å²) in [5, 5.41) is 49.9. The molecule has 11 aromatic rings. The number of benzene rings is 5. The van der Waals surface area contributed by atoms with Gasteiger partial charge in [0.05, 0.1) is 72.8 Å². The Labute approximate surface area is 661 Å². The van der Waals surface area contributed by atoms with Gasteiger partial charge in [-0.1, -0.05) is 24.3 Å². The van der Waals surface area contributed by atoms with Crippen molar-refractivity contribution < 1.29 is 72.9 Å². The van der Waals surface area contributed by atoms with Crippen molar-refractivity contribution >= 4 is 126 Å². The van der Waals surface area contributed by atoms with E-state index in [1.54, 1.807) is 97.2 Å². The second-order valence-corrected chi connectivity index (χ2v) is 27.5. The first kappa shape index (κ1) is 84.9. The number of pyridine rings is 1. The Kier molecular flexibility index (Phi) is 28.5. The minimum Gasteiger partial charge on any atom is -0.497 e. The molecule has 0 saturated heterocycles. The zero-order chi connectivity index (χ0) is 83.5. The molecular formula is C78H89N19O17S. The average molecular weight is 1600 g/mol. The van der Waals surface area contributed by atoms with Crippen LogP contribution in [-0.2, 0) is 51.5 Å². The lowest BCUT2D eigenvalue weighted by atomic mass is 9.91. The van der Waals surface area contributed by atoms with Crippen LogP contribution in [0, 0.1) is 26.7 Å². The Morgan fingerprint density at radius 2 is 1.23 bits per heavy atom. The molecule has 0 aliphatic carbocycles. The van der Waals surface area contributed by atoms with Crippen molar-refractivity contribution in [3.8, 4) is 28.7 Å². The zero-order valence-corrected chi connectivity index (χ0v) is 65.1. The Morgan fingerprint density at radius 1 is 0.617 bits per heavy atom. The van der Waals surface area contributed by atoms with Gasteiger partial charge in [-0.15, -0.1) is 11.3 Å². The summed E-state index contributed by atoms with van der Waals surface area (Å²) in [4.78, 5) is 130. The summed E-state index contributed by atoms with van der Waals surface area (Å²) in [5.41, 5.74) is 39.0. The van der Waals surface area contributed by atoms with E-state index in [9.17, 15) is 43.5 Å². The van der Waals surface area contributed by atoms with Crippen molar-refractivity contribution in [3.63, 3.8) is 0 Å². The SMILES string of the molecule is COc1cc(NCc2ccc3nc(N)nc(N)c3c2C)cc(OC)c1OC.COc1ccc(OC)c(Cc2cnc3nc(N)nc(N)c3c2C)c1.Cc1nc2ccc(CN(C)c3ccc(C(=O)NC(CCC(=O)O)C(=O)O)s3)cc2c(=O)[nH]1.Nc1nc2c(c(=O)[nH]1)C[C@@H](CCc1ccc(C(=O)NC(CCC(=O)O)C(=O)O)cc1)CN2. The number of aromatic nitrogens is 9. The molecule has 604 valence electrons. The quantitative estimate of drug-likeness (QED) is 0.0226. The number of aryl methyl sites for hydroxylation is 4. The van der Waals surface area contributed by atoms with E-state index in [0.29, 0.717) is 106 Å². The number of amides is 2. The minimum atomic E-state index is -1.29. The number of thiophene rings is 1. The molecule has 0 radical (unpaired) electrons. The van der Waals surface area contributed by atoms with Gasteiger partial charge in [0, 0.05) is 86.5 Å². The second-order valence-electron chi connectivity index (χ2n) is 26.5. The van der Waals surface area contributed by atoms with Gasteiger partial charge in [-0.3, -0.25) is 33.8 Å². The van der Waals surface area contributed by atoms with Crippen LogP contribution in [0.4, 0.5) is 46.0 Å². The number of rotatable bonds is 28. The fourth-order valence-electron chi connectivity index (χ4n) is 12.6. The number of H-pyrrole nitrogens is 2. The van der Waals surface area contributed by atoms with Crippen LogP contribution in [-0.4, -0.2) is 162 Å². The van der Waals surface area contributed by atoms with Crippen molar-refractivity contribution in [1.29, 1.82) is 0 Å². The lowest BCUT2D eigenvalue weighted by Crippen LogP contribution is -2.41. The average Bonchev–Trinajstić information content (AvgIpc) is 1.58. The number of fused-ring (bicyclic) bond motifs is 4. The predicted octanol–water partition coefficient (Wildman–Crippen LogP) is 7.44. The lowest BCUT2D eigenvalue weighted by Gasteiger charge is -2.24. The van der Waals surface area contributed by atoms with Gasteiger partial charge in [0.1, 0.15) is 46.9 Å². The first-order chi connectivity index (χ1) is 54.9. The molecule has 0 spiro atoms. The lowest BCUT2D eigenvalue weighted by molar-refractivity contribution is -0.142. The number of ether oxygens (including phenoxy) is 5. The maximum Gasteiger partial charge on any atom is 0.326 e. The summed E-state index contributed by atoms with van der Waals surface area (Å²) in [7, 11) is 9.86. The highest BCUT2D eigenvalue weighted by Crippen LogP contribution is 2.41. The molecule has 20 N–H and O–H groups in total. The van der Waals surface area contributed by atoms with E-state index in [-0.39, 0.29) is 60.6 Å². The summed E-state index contributed by atoms with van der Waals surface area (Å²) in [5.74, 6) is -0.301. The Balaban J connectivity index is 0.000000176. The number of nitrogens with one attached hydrogen (secondary N) is 6. The Bertz CT molecular complexity index is 5520. The molecule has 2 unspecified atom stereocenters. The molecule has 1 aliphatic heterocycles. The first-order valence-electron chi connectivity index (χ1n) is 35.6. The third kappa shape index (κ3) is 22.1. The summed E-state index contributed by atoms with van der Waals surface area (Å²) < 4.78 is 26.9. The van der Waals surface area contributed by atoms with E-state index in [1.165, 1.54) is 11.3 Å². The number of nitrogen functional groups attached to an aromatic ring is 5. The summed E-state index contributed by atoms with van der Waals surface area (Å²) >= 11 is 1.18. The smallest absolute Gasteiger partial charge is 0.326 e. The normalized spacial score (nSPS) is 12.4. The highest BCUT2D eigenvalue weighted by molar-refractivity contribution is 7.18. The fourth-order valence-corrected chi connectivity index (χ4v) is 13.4. The number of aliphatic carboxylic acids is 4. The number of hydrogen-bond acceptors (Lipinski definition) is 29. The van der Waals surface area contributed by atoms with E-state index in [2.05, 4.69) is 66.1 Å². The van der Waals surface area contributed by atoms with E-state index >= 15 is 0 Å². The topological polar surface area (TPSA) is 567 Å². The largest absolute Gasteiger partial charge is 0.497 e. The summed E-state index contributed by atoms with van der Waals surface area (Å²) in [6.07, 6.45) is 3.44. The number of hydrogen-bond donors (Lipinski definition) is 15. The zero-order valence-electron chi connectivity index (χ0n) is 64.3. The van der Waals surface area contributed by atoms with Crippen LogP contribution in [0.3, 0.4) is 0 Å². The van der Waals surface area contributed by atoms with Gasteiger partial charge in [0.15, 0.2) is 17.1 Å². The van der Waals surface area contributed by atoms with E-state index in [0.717, 1.165) is 90.3 Å². The van der Waals surface area contributed by atoms with E-state index in [4.69, 9.17) is 67.7 Å². The molecule has 36 nitrogen and oxygen atoms in total. The highest BCUT2D eigenvalue weighted by Gasteiger charge is 2.27. The number of carbonyl (C=O) groups is 6. The second kappa shape index (κ2) is 38.7. The molecule has 0 fully saturated rings. The van der Waals surface area contributed by atoms with Gasteiger partial charge in [-0.05, 0) is 153 Å². The van der Waals surface area contributed by atoms with E-state index < -0.39 is 47.8 Å². The molecular weight excluding hydrogens is 1510 g/mol. The molecule has 6 aromatic heterocycles. The van der Waals surface area contributed by atoms with Crippen molar-refractivity contribution in [2.24, 2.45) is 5.92 Å². The Morgan fingerprint density at radius 3 is 1.86 bits per heavy atom. The number of carboxylic acids is 4. The molecule has 12 rings (SSSR count). The van der Waals surface area contributed by atoms with Crippen LogP contribution in [0.5, 0.6) is 28.7 Å². The molecule has 1 aliphatic rings. The first-order valence-corrected chi connectivity index (χ1v) is 36.5. The minimum absolute atomic E-state index is 0.0837. The highest BCUT2D eigenvalue weighted by atomic mass is 32.1. The number of anilines is 8. The number of nitrogens with two attached hydrogens (primary N) is 5. The van der Waals surface area contributed by atoms with Crippen molar-refractivity contribution in [2.75, 3.05) is 93.3 Å². The van der Waals surface area contributed by atoms with Crippen LogP contribution >= 0.6 is 11.3 Å². The maximum atomic E-state index is 12.4. The molecule has 115 heavy (non-hydrogen) atoms. The van der Waals surface area contributed by atoms with Gasteiger partial charge in [-0.25, -0.2) is 24.5 Å². The van der Waals surface area contributed by atoms with Crippen LogP contribution in [0.2, 0.25) is 0 Å². The molecule has 37 heteroatoms. The van der Waals surface area contributed by atoms with Gasteiger partial charge in [0.2, 0.25) is 23.6 Å². The van der Waals surface area contributed by atoms with Crippen molar-refractivity contribution in [3.05, 3.63) is 185 Å². The third-order valence-corrected chi connectivity index (χ3v) is 19.8. The standard InChI is InChI=1S/C21H25N5O6.C21H22N4O6S.C19H23N5O3.C17H19N5O2/c22-21-25-17-14(19(30)26-21)9-12(10-23-17)2-1-11-3-5-13(6-4-11)18(29)24-15(20(31)32)7-8-16(27)28;1-11-22-14-4-3-12(9-13(14)19(28)23-11)10-25(2)17-7-6-16(32-17)20(29)24-15(21(30)31)5-8-18(26)27;1-10-11(5-6-13-16(10)18(20)24-19(21)23-13)9-22-12-7-14(25-2)17(27-4)15(8-12)26-3;1-9-11(6-10-7-12(23-2)4-5-13(10)24-3)8-20-16-14(9)15(18)21-17(19)22-16/h3-6,12,15H,1-2,7-10H2,(H,24,29)(H,27,28)(H,31,32)(H4,22,23,25,26,30);3-4,6-7,9,15H,5,8,10H2,1-2H3,(H,24,29)(H,26,27)(H,30,31)(H,22,23,28);5-8,22H,9H2,1-4H3,(H4,20,21,23,24);4-5,7-8H,6H2,1-3H3,(H4,18,19,20,21,22)/t12-,15?;;;/m1.../s1. The van der Waals surface area contributed by atoms with Crippen molar-refractivity contribution in [1.82, 2.24) is 55.5 Å². The third-order valence-electron chi connectivity index (χ3n) is 18.6. The molecule has 7 heterocycles. The molecule has 3 atom stereocenters. The van der Waals surface area contributed by atoms with Crippen LogP contribution < -0.4 is 89.6 Å². The fraction of sp³-hybridized carbons (Fsp3) is 0.295. The number of methoxy groups -OCH3 is 5. The van der Waals surface area contributed by atoms with E-state index in [1.807, 2.05) is 74.3 Å². The monoisotopic (exact) mass is 1600 g/mol.